The second kappa shape index (κ2) is 6.89. The molecule has 0 fully saturated rings. The third-order valence-electron chi connectivity index (χ3n) is 2.94. The summed E-state index contributed by atoms with van der Waals surface area (Å²) in [5, 5.41) is 2.13. The van der Waals surface area contributed by atoms with E-state index in [-0.39, 0.29) is 0 Å². The largest absolute Gasteiger partial charge is 0.496 e. The van der Waals surface area contributed by atoms with Crippen molar-refractivity contribution in [3.8, 4) is 5.75 Å². The molecule has 1 heterocycles. The first kappa shape index (κ1) is 12.6. The van der Waals surface area contributed by atoms with Crippen LogP contribution >= 0.6 is 11.3 Å². The molecule has 0 aliphatic rings. The van der Waals surface area contributed by atoms with Gasteiger partial charge in [0.25, 0.3) is 0 Å². The zero-order valence-electron chi connectivity index (χ0n) is 10.1. The lowest BCUT2D eigenvalue weighted by Crippen LogP contribution is -2.03. The molecule has 1 aromatic rings. The third kappa shape index (κ3) is 3.86. The molecule has 0 N–H and O–H groups in total. The second-order valence-corrected chi connectivity index (χ2v) is 5.03. The molecule has 0 radical (unpaired) electrons. The number of thiophene rings is 1. The fraction of sp³-hybridized carbons (Fsp3) is 0.692. The maximum atomic E-state index is 5.35. The zero-order chi connectivity index (χ0) is 11.1. The molecule has 1 rings (SSSR count). The molecule has 0 spiro atoms. The Hall–Kier alpha value is -0.500. The predicted octanol–water partition coefficient (Wildman–Crippen LogP) is 4.52. The van der Waals surface area contributed by atoms with E-state index in [1.807, 2.05) is 11.3 Å². The zero-order valence-corrected chi connectivity index (χ0v) is 10.9. The van der Waals surface area contributed by atoms with Crippen LogP contribution in [0.1, 0.15) is 44.4 Å². The van der Waals surface area contributed by atoms with Crippen LogP contribution < -0.4 is 4.74 Å². The van der Waals surface area contributed by atoms with Crippen LogP contribution in [0, 0.1) is 5.92 Å². The smallest absolute Gasteiger partial charge is 0.132 e. The normalized spacial score (nSPS) is 12.7. The SMILES string of the molecule is CCCCC(CC)Cc1sccc1OC. The van der Waals surface area contributed by atoms with E-state index in [0.717, 1.165) is 11.7 Å². The van der Waals surface area contributed by atoms with E-state index >= 15 is 0 Å². The number of ether oxygens (including phenoxy) is 1. The second-order valence-electron chi connectivity index (χ2n) is 4.03. The summed E-state index contributed by atoms with van der Waals surface area (Å²) in [6.07, 6.45) is 6.48. The van der Waals surface area contributed by atoms with Gasteiger partial charge in [-0.05, 0) is 23.8 Å². The topological polar surface area (TPSA) is 9.23 Å². The van der Waals surface area contributed by atoms with Crippen molar-refractivity contribution in [1.82, 2.24) is 0 Å². The maximum Gasteiger partial charge on any atom is 0.132 e. The van der Waals surface area contributed by atoms with Gasteiger partial charge in [0.1, 0.15) is 5.75 Å². The van der Waals surface area contributed by atoms with Gasteiger partial charge in [-0.1, -0.05) is 39.5 Å². The monoisotopic (exact) mass is 226 g/mol. The summed E-state index contributed by atoms with van der Waals surface area (Å²) in [6.45, 7) is 4.55. The van der Waals surface area contributed by atoms with Crippen molar-refractivity contribution >= 4 is 11.3 Å². The van der Waals surface area contributed by atoms with Gasteiger partial charge in [-0.25, -0.2) is 0 Å². The Labute approximate surface area is 97.5 Å². The highest BCUT2D eigenvalue weighted by Gasteiger charge is 2.11. The van der Waals surface area contributed by atoms with Crippen LogP contribution in [0.15, 0.2) is 11.4 Å². The average molecular weight is 226 g/mol. The Balaban J connectivity index is 2.50. The molecule has 1 atom stereocenters. The molecule has 15 heavy (non-hydrogen) atoms. The van der Waals surface area contributed by atoms with E-state index in [4.69, 9.17) is 4.74 Å². The van der Waals surface area contributed by atoms with E-state index < -0.39 is 0 Å². The first-order valence-electron chi connectivity index (χ1n) is 5.92. The van der Waals surface area contributed by atoms with Crippen LogP contribution in [0.25, 0.3) is 0 Å². The number of rotatable bonds is 7. The number of unbranched alkanes of at least 4 members (excludes halogenated alkanes) is 1. The molecule has 1 nitrogen and oxygen atoms in total. The van der Waals surface area contributed by atoms with Crippen LogP contribution in [0.4, 0.5) is 0 Å². The van der Waals surface area contributed by atoms with Crippen molar-refractivity contribution < 1.29 is 4.74 Å². The minimum absolute atomic E-state index is 0.831. The molecule has 0 aliphatic heterocycles. The number of hydrogen-bond acceptors (Lipinski definition) is 2. The Bertz CT molecular complexity index is 267. The van der Waals surface area contributed by atoms with Crippen molar-refractivity contribution in [2.24, 2.45) is 5.92 Å². The van der Waals surface area contributed by atoms with Gasteiger partial charge in [-0.3, -0.25) is 0 Å². The van der Waals surface area contributed by atoms with Crippen molar-refractivity contribution in [3.63, 3.8) is 0 Å². The van der Waals surface area contributed by atoms with Crippen molar-refractivity contribution in [1.29, 1.82) is 0 Å². The molecule has 86 valence electrons. The van der Waals surface area contributed by atoms with Crippen LogP contribution in [0.5, 0.6) is 5.75 Å². The molecule has 0 bridgehead atoms. The molecule has 1 unspecified atom stereocenters. The lowest BCUT2D eigenvalue weighted by molar-refractivity contribution is 0.400. The van der Waals surface area contributed by atoms with Crippen LogP contribution in [-0.2, 0) is 6.42 Å². The summed E-state index contributed by atoms with van der Waals surface area (Å²) in [4.78, 5) is 1.42. The molecule has 0 saturated heterocycles. The third-order valence-corrected chi connectivity index (χ3v) is 3.87. The summed E-state index contributed by atoms with van der Waals surface area (Å²) in [5.41, 5.74) is 0. The van der Waals surface area contributed by atoms with Gasteiger partial charge in [0.05, 0.1) is 7.11 Å². The van der Waals surface area contributed by atoms with Crippen LogP contribution in [0.2, 0.25) is 0 Å². The first-order chi connectivity index (χ1) is 7.31. The van der Waals surface area contributed by atoms with Gasteiger partial charge in [-0.2, -0.15) is 0 Å². The highest BCUT2D eigenvalue weighted by molar-refractivity contribution is 7.10. The fourth-order valence-corrected chi connectivity index (χ4v) is 2.82. The van der Waals surface area contributed by atoms with Gasteiger partial charge in [0.15, 0.2) is 0 Å². The summed E-state index contributed by atoms with van der Waals surface area (Å²) in [6, 6.07) is 2.08. The van der Waals surface area contributed by atoms with Gasteiger partial charge in [0.2, 0.25) is 0 Å². The molecule has 0 saturated carbocycles. The molecular weight excluding hydrogens is 204 g/mol. The Morgan fingerprint density at radius 2 is 2.20 bits per heavy atom. The average Bonchev–Trinajstić information content (AvgIpc) is 2.71. The van der Waals surface area contributed by atoms with Crippen molar-refractivity contribution in [2.75, 3.05) is 7.11 Å². The minimum Gasteiger partial charge on any atom is -0.496 e. The lowest BCUT2D eigenvalue weighted by atomic mass is 9.95. The summed E-state index contributed by atoms with van der Waals surface area (Å²) in [5.74, 6) is 1.91. The van der Waals surface area contributed by atoms with E-state index in [1.54, 1.807) is 7.11 Å². The maximum absolute atomic E-state index is 5.35. The van der Waals surface area contributed by atoms with Crippen molar-refractivity contribution in [2.45, 2.75) is 46.0 Å². The number of hydrogen-bond donors (Lipinski definition) is 0. The van der Waals surface area contributed by atoms with Crippen molar-refractivity contribution in [3.05, 3.63) is 16.3 Å². The minimum atomic E-state index is 0.831. The van der Waals surface area contributed by atoms with E-state index in [0.29, 0.717) is 0 Å². The summed E-state index contributed by atoms with van der Waals surface area (Å²) >= 11 is 1.83. The molecular formula is C13H22OS. The standard InChI is InChI=1S/C13H22OS/c1-4-6-7-11(5-2)10-13-12(14-3)8-9-15-13/h8-9,11H,4-7,10H2,1-3H3. The Morgan fingerprint density at radius 3 is 2.80 bits per heavy atom. The first-order valence-corrected chi connectivity index (χ1v) is 6.80. The quantitative estimate of drug-likeness (QED) is 0.664. The van der Waals surface area contributed by atoms with Gasteiger partial charge in [0, 0.05) is 4.88 Å². The van der Waals surface area contributed by atoms with E-state index in [2.05, 4.69) is 25.3 Å². The van der Waals surface area contributed by atoms with E-state index in [1.165, 1.54) is 37.0 Å². The predicted molar refractivity (Wildman–Crippen MR) is 67.9 cm³/mol. The lowest BCUT2D eigenvalue weighted by Gasteiger charge is -2.13. The Morgan fingerprint density at radius 1 is 1.40 bits per heavy atom. The highest BCUT2D eigenvalue weighted by atomic mass is 32.1. The van der Waals surface area contributed by atoms with Crippen LogP contribution in [0.3, 0.4) is 0 Å². The fourth-order valence-electron chi connectivity index (χ4n) is 1.87. The molecule has 0 aromatic carbocycles. The number of methoxy groups -OCH3 is 1. The van der Waals surface area contributed by atoms with Gasteiger partial charge >= 0.3 is 0 Å². The Kier molecular flexibility index (Phi) is 5.77. The summed E-state index contributed by atoms with van der Waals surface area (Å²) in [7, 11) is 1.76. The highest BCUT2D eigenvalue weighted by Crippen LogP contribution is 2.29. The molecule has 0 aliphatic carbocycles. The van der Waals surface area contributed by atoms with Crippen LogP contribution in [-0.4, -0.2) is 7.11 Å². The van der Waals surface area contributed by atoms with Gasteiger partial charge in [-0.15, -0.1) is 11.3 Å². The van der Waals surface area contributed by atoms with Gasteiger partial charge < -0.3 is 4.74 Å². The van der Waals surface area contributed by atoms with E-state index in [9.17, 15) is 0 Å². The molecule has 2 heteroatoms. The summed E-state index contributed by atoms with van der Waals surface area (Å²) < 4.78 is 5.35. The molecule has 1 aromatic heterocycles. The molecule has 0 amide bonds.